The van der Waals surface area contributed by atoms with Gasteiger partial charge < -0.3 is 4.74 Å². The molecule has 3 nitrogen and oxygen atoms in total. The lowest BCUT2D eigenvalue weighted by Crippen LogP contribution is -2.07. The molecule has 1 aliphatic rings. The van der Waals surface area contributed by atoms with E-state index in [9.17, 15) is 4.79 Å². The van der Waals surface area contributed by atoms with Crippen molar-refractivity contribution in [3.05, 3.63) is 52.0 Å². The molecule has 4 heteroatoms. The molecule has 1 fully saturated rings. The summed E-state index contributed by atoms with van der Waals surface area (Å²) in [6.45, 7) is 0. The zero-order chi connectivity index (χ0) is 12.6. The standard InChI is InChI=1S/C14H13NO2S/c1-17-12(16)11-9-15-13(18-11)14(7-8-14)10-5-3-2-4-6-10/h2-6,9H,7-8H2,1H3. The van der Waals surface area contributed by atoms with Crippen molar-refractivity contribution < 1.29 is 9.53 Å². The monoisotopic (exact) mass is 259 g/mol. The molecule has 0 unspecified atom stereocenters. The average Bonchev–Trinajstić information content (AvgIpc) is 3.10. The van der Waals surface area contributed by atoms with Crippen LogP contribution in [0.15, 0.2) is 36.5 Å². The third-order valence-corrected chi connectivity index (χ3v) is 4.56. The lowest BCUT2D eigenvalue weighted by atomic mass is 9.97. The van der Waals surface area contributed by atoms with Crippen LogP contribution in [0, 0.1) is 0 Å². The van der Waals surface area contributed by atoms with Gasteiger partial charge in [-0.15, -0.1) is 11.3 Å². The van der Waals surface area contributed by atoms with Crippen LogP contribution in [0.1, 0.15) is 33.1 Å². The van der Waals surface area contributed by atoms with Gasteiger partial charge in [-0.05, 0) is 18.4 Å². The third-order valence-electron chi connectivity index (χ3n) is 3.38. The van der Waals surface area contributed by atoms with Crippen LogP contribution < -0.4 is 0 Å². The normalized spacial score (nSPS) is 16.3. The molecule has 0 saturated heterocycles. The molecule has 0 bridgehead atoms. The lowest BCUT2D eigenvalue weighted by Gasteiger charge is -2.11. The number of rotatable bonds is 3. The molecule has 1 saturated carbocycles. The number of hydrogen-bond acceptors (Lipinski definition) is 4. The van der Waals surface area contributed by atoms with E-state index >= 15 is 0 Å². The lowest BCUT2D eigenvalue weighted by molar-refractivity contribution is 0.0606. The van der Waals surface area contributed by atoms with Crippen molar-refractivity contribution in [3.63, 3.8) is 0 Å². The van der Waals surface area contributed by atoms with Gasteiger partial charge in [0.1, 0.15) is 9.88 Å². The van der Waals surface area contributed by atoms with E-state index in [2.05, 4.69) is 17.1 Å². The fourth-order valence-corrected chi connectivity index (χ4v) is 3.30. The summed E-state index contributed by atoms with van der Waals surface area (Å²) < 4.78 is 4.72. The van der Waals surface area contributed by atoms with Crippen molar-refractivity contribution in [1.29, 1.82) is 0 Å². The minimum atomic E-state index is -0.303. The average molecular weight is 259 g/mol. The Balaban J connectivity index is 1.96. The van der Waals surface area contributed by atoms with E-state index in [0.717, 1.165) is 17.8 Å². The zero-order valence-corrected chi connectivity index (χ0v) is 10.9. The Bertz CT molecular complexity index is 572. The summed E-state index contributed by atoms with van der Waals surface area (Å²) in [6, 6.07) is 10.4. The minimum absolute atomic E-state index is 0.0399. The third kappa shape index (κ3) is 1.73. The smallest absolute Gasteiger partial charge is 0.349 e. The fourth-order valence-electron chi connectivity index (χ4n) is 2.20. The number of carbonyl (C=O) groups is 1. The molecule has 0 atom stereocenters. The summed E-state index contributed by atoms with van der Waals surface area (Å²) in [5, 5.41) is 1.02. The molecule has 1 aliphatic carbocycles. The van der Waals surface area contributed by atoms with Crippen LogP contribution in [-0.2, 0) is 10.2 Å². The van der Waals surface area contributed by atoms with Crippen LogP contribution in [0.2, 0.25) is 0 Å². The van der Waals surface area contributed by atoms with Gasteiger partial charge in [-0.25, -0.2) is 9.78 Å². The second-order valence-corrected chi connectivity index (χ2v) is 5.50. The summed E-state index contributed by atoms with van der Waals surface area (Å²) in [5.74, 6) is -0.303. The molecule has 0 spiro atoms. The first-order valence-corrected chi connectivity index (χ1v) is 6.68. The molecule has 1 heterocycles. The first-order chi connectivity index (χ1) is 8.76. The molecule has 0 radical (unpaired) electrons. The highest BCUT2D eigenvalue weighted by molar-refractivity contribution is 7.13. The van der Waals surface area contributed by atoms with Crippen molar-refractivity contribution in [2.24, 2.45) is 0 Å². The second-order valence-electron chi connectivity index (χ2n) is 4.47. The highest BCUT2D eigenvalue weighted by atomic mass is 32.1. The molecule has 0 amide bonds. The van der Waals surface area contributed by atoms with Crippen LogP contribution in [0.4, 0.5) is 0 Å². The molecule has 2 aromatic rings. The highest BCUT2D eigenvalue weighted by Crippen LogP contribution is 2.54. The van der Waals surface area contributed by atoms with Gasteiger partial charge in [0.15, 0.2) is 0 Å². The summed E-state index contributed by atoms with van der Waals surface area (Å²) in [4.78, 5) is 16.5. The number of benzene rings is 1. The molecule has 18 heavy (non-hydrogen) atoms. The molecule has 1 aromatic heterocycles. The minimum Gasteiger partial charge on any atom is -0.465 e. The molecular weight excluding hydrogens is 246 g/mol. The van der Waals surface area contributed by atoms with Crippen LogP contribution in [0.5, 0.6) is 0 Å². The molecule has 0 N–H and O–H groups in total. The highest BCUT2D eigenvalue weighted by Gasteiger charge is 2.48. The fraction of sp³-hybridized carbons (Fsp3) is 0.286. The van der Waals surface area contributed by atoms with Crippen LogP contribution in [0.3, 0.4) is 0 Å². The second kappa shape index (κ2) is 4.21. The van der Waals surface area contributed by atoms with E-state index in [1.54, 1.807) is 6.20 Å². The van der Waals surface area contributed by atoms with Gasteiger partial charge in [-0.1, -0.05) is 30.3 Å². The maximum atomic E-state index is 11.5. The Kier molecular flexibility index (Phi) is 2.67. The van der Waals surface area contributed by atoms with Crippen molar-refractivity contribution in [2.45, 2.75) is 18.3 Å². The molecular formula is C14H13NO2S. The van der Waals surface area contributed by atoms with Crippen molar-refractivity contribution in [3.8, 4) is 0 Å². The van der Waals surface area contributed by atoms with Crippen molar-refractivity contribution >= 4 is 17.3 Å². The Morgan fingerprint density at radius 1 is 1.33 bits per heavy atom. The maximum Gasteiger partial charge on any atom is 0.349 e. The predicted molar refractivity (Wildman–Crippen MR) is 69.9 cm³/mol. The van der Waals surface area contributed by atoms with E-state index in [-0.39, 0.29) is 11.4 Å². The van der Waals surface area contributed by atoms with Gasteiger partial charge in [0.2, 0.25) is 0 Å². The Morgan fingerprint density at radius 2 is 2.06 bits per heavy atom. The number of carbonyl (C=O) groups excluding carboxylic acids is 1. The first kappa shape index (κ1) is 11.4. The largest absolute Gasteiger partial charge is 0.465 e. The quantitative estimate of drug-likeness (QED) is 0.795. The van der Waals surface area contributed by atoms with Crippen molar-refractivity contribution in [2.75, 3.05) is 7.11 Å². The van der Waals surface area contributed by atoms with E-state index in [1.807, 2.05) is 18.2 Å². The Hall–Kier alpha value is -1.68. The van der Waals surface area contributed by atoms with Gasteiger partial charge in [-0.3, -0.25) is 0 Å². The van der Waals surface area contributed by atoms with Crippen LogP contribution >= 0.6 is 11.3 Å². The first-order valence-electron chi connectivity index (χ1n) is 5.86. The number of aromatic nitrogens is 1. The molecule has 3 rings (SSSR count). The Morgan fingerprint density at radius 3 is 2.67 bits per heavy atom. The van der Waals surface area contributed by atoms with Crippen LogP contribution in [-0.4, -0.2) is 18.1 Å². The maximum absolute atomic E-state index is 11.5. The van der Waals surface area contributed by atoms with Gasteiger partial charge >= 0.3 is 5.97 Å². The van der Waals surface area contributed by atoms with Gasteiger partial charge in [0.25, 0.3) is 0 Å². The van der Waals surface area contributed by atoms with Gasteiger partial charge in [0, 0.05) is 5.41 Å². The number of methoxy groups -OCH3 is 1. The molecule has 1 aromatic carbocycles. The van der Waals surface area contributed by atoms with Gasteiger partial charge in [0.05, 0.1) is 13.3 Å². The summed E-state index contributed by atoms with van der Waals surface area (Å²) in [7, 11) is 1.39. The van der Waals surface area contributed by atoms with E-state index in [0.29, 0.717) is 4.88 Å². The predicted octanol–water partition coefficient (Wildman–Crippen LogP) is 3.01. The SMILES string of the molecule is COC(=O)c1cnc(C2(c3ccccc3)CC2)s1. The molecule has 0 aliphatic heterocycles. The Labute approximate surface area is 109 Å². The van der Waals surface area contributed by atoms with E-state index < -0.39 is 0 Å². The van der Waals surface area contributed by atoms with Crippen LogP contribution in [0.25, 0.3) is 0 Å². The molecule has 92 valence electrons. The van der Waals surface area contributed by atoms with E-state index in [4.69, 9.17) is 4.74 Å². The number of hydrogen-bond donors (Lipinski definition) is 0. The summed E-state index contributed by atoms with van der Waals surface area (Å²) in [5.41, 5.74) is 1.33. The summed E-state index contributed by atoms with van der Waals surface area (Å²) >= 11 is 1.44. The number of esters is 1. The van der Waals surface area contributed by atoms with Gasteiger partial charge in [-0.2, -0.15) is 0 Å². The number of ether oxygens (including phenoxy) is 1. The van der Waals surface area contributed by atoms with Crippen molar-refractivity contribution in [1.82, 2.24) is 4.98 Å². The topological polar surface area (TPSA) is 39.2 Å². The zero-order valence-electron chi connectivity index (χ0n) is 10.1. The summed E-state index contributed by atoms with van der Waals surface area (Å²) in [6.07, 6.45) is 3.82. The van der Waals surface area contributed by atoms with E-state index in [1.165, 1.54) is 24.0 Å². The number of nitrogens with zero attached hydrogens (tertiary/aromatic N) is 1. The number of thiazole rings is 1.